The van der Waals surface area contributed by atoms with Crippen LogP contribution in [0.3, 0.4) is 0 Å². The average Bonchev–Trinajstić information content (AvgIpc) is 3.07. The molecule has 5 unspecified atom stereocenters. The molecule has 3 aromatic carbocycles. The molecule has 49 heavy (non-hydrogen) atoms. The van der Waals surface area contributed by atoms with E-state index in [0.717, 1.165) is 11.1 Å². The summed E-state index contributed by atoms with van der Waals surface area (Å²) < 4.78 is 39.7. The number of nitrogens with two attached hydrogens (primary N) is 1. The molecule has 262 valence electrons. The Bertz CT molecular complexity index is 1590. The molecule has 3 aromatic rings. The van der Waals surface area contributed by atoms with E-state index in [1.165, 1.54) is 6.92 Å². The molecule has 3 rings (SSSR count). The minimum absolute atomic E-state index is 0.306. The van der Waals surface area contributed by atoms with Gasteiger partial charge in [0.1, 0.15) is 18.1 Å². The number of rotatable bonds is 15. The number of halogens is 3. The Balaban J connectivity index is 1.74. The van der Waals surface area contributed by atoms with Crippen LogP contribution < -0.4 is 27.0 Å². The van der Waals surface area contributed by atoms with E-state index in [1.54, 1.807) is 68.4 Å². The highest BCUT2D eigenvalue weighted by Crippen LogP contribution is 2.25. The molecule has 0 aromatic heterocycles. The Hall–Kier alpha value is -5.24. The van der Waals surface area contributed by atoms with E-state index in [9.17, 15) is 42.3 Å². The van der Waals surface area contributed by atoms with E-state index in [-0.39, 0.29) is 0 Å². The van der Waals surface area contributed by atoms with E-state index in [1.807, 2.05) is 35.6 Å². The maximum atomic E-state index is 13.6. The van der Waals surface area contributed by atoms with Crippen LogP contribution in [0.5, 0.6) is 0 Å². The number of carbonyl (C=O) groups excluding carboxylic acids is 5. The number of aliphatic hydroxyl groups excluding tert-OH is 1. The summed E-state index contributed by atoms with van der Waals surface area (Å²) in [5.41, 5.74) is 7.51. The Morgan fingerprint density at radius 3 is 1.80 bits per heavy atom. The number of hydrogen-bond acceptors (Lipinski definition) is 6. The van der Waals surface area contributed by atoms with Gasteiger partial charge < -0.3 is 32.1 Å². The van der Waals surface area contributed by atoms with Crippen LogP contribution in [0.25, 0.3) is 11.1 Å². The number of nitrogens with one attached hydrogen (secondary N) is 4. The maximum absolute atomic E-state index is 13.6. The summed E-state index contributed by atoms with van der Waals surface area (Å²) in [5.74, 6) is -4.55. The highest BCUT2D eigenvalue weighted by molar-refractivity contribution is 5.99. The van der Waals surface area contributed by atoms with Crippen LogP contribution in [-0.2, 0) is 19.2 Å². The number of hydrogen-bond donors (Lipinski definition) is 6. The van der Waals surface area contributed by atoms with E-state index in [0.29, 0.717) is 11.1 Å². The summed E-state index contributed by atoms with van der Waals surface area (Å²) in [4.78, 5) is 64.2. The molecule has 0 spiro atoms. The van der Waals surface area contributed by atoms with Crippen molar-refractivity contribution in [2.24, 2.45) is 11.7 Å². The molecule has 7 N–H and O–H groups in total. The molecule has 11 nitrogen and oxygen atoms in total. The van der Waals surface area contributed by atoms with Gasteiger partial charge in [-0.3, -0.25) is 24.0 Å². The number of alkyl halides is 3. The molecule has 5 amide bonds. The standard InChI is InChI=1S/C35H40F3N5O6/c1-20(2)28(42-32(47)25-16-14-23(15-17-25)22-10-6-4-7-11-22)33(48)43-29(24-12-8-5-9-13-24)34(49)40-21(3)31(46)41-26(18-19-27(39)44)30(45)35(36,37)38/h4-17,20-21,26,28-30,45H,18-19H2,1-3H3,(H2,39,44)(H,40,49)(H,41,46)(H,42,47)(H,43,48). The molecule has 0 aliphatic rings. The average molecular weight is 684 g/mol. The molecule has 5 atom stereocenters. The van der Waals surface area contributed by atoms with Crippen LogP contribution in [0.2, 0.25) is 0 Å². The van der Waals surface area contributed by atoms with Gasteiger partial charge in [0.05, 0.1) is 6.04 Å². The Labute approximate surface area is 281 Å². The van der Waals surface area contributed by atoms with Gasteiger partial charge in [0, 0.05) is 12.0 Å². The van der Waals surface area contributed by atoms with Crippen molar-refractivity contribution < 1.29 is 42.3 Å². The van der Waals surface area contributed by atoms with Gasteiger partial charge in [0.2, 0.25) is 23.6 Å². The van der Waals surface area contributed by atoms with E-state index < -0.39 is 84.7 Å². The van der Waals surface area contributed by atoms with Crippen molar-refractivity contribution in [3.8, 4) is 11.1 Å². The summed E-state index contributed by atoms with van der Waals surface area (Å²) in [6.45, 7) is 4.61. The molecule has 0 aliphatic carbocycles. The summed E-state index contributed by atoms with van der Waals surface area (Å²) in [6, 6.07) is 18.6. The molecular formula is C35H40F3N5O6. The highest BCUT2D eigenvalue weighted by Gasteiger charge is 2.44. The van der Waals surface area contributed by atoms with Crippen molar-refractivity contribution in [1.82, 2.24) is 21.3 Å². The highest BCUT2D eigenvalue weighted by atomic mass is 19.4. The van der Waals surface area contributed by atoms with Crippen molar-refractivity contribution in [3.05, 3.63) is 96.1 Å². The third-order valence-electron chi connectivity index (χ3n) is 7.67. The zero-order valence-corrected chi connectivity index (χ0v) is 27.2. The van der Waals surface area contributed by atoms with Gasteiger partial charge in [-0.05, 0) is 48.1 Å². The van der Waals surface area contributed by atoms with Crippen molar-refractivity contribution in [2.75, 3.05) is 0 Å². The lowest BCUT2D eigenvalue weighted by Gasteiger charge is -2.28. The minimum Gasteiger partial charge on any atom is -0.382 e. The molecule has 0 saturated carbocycles. The van der Waals surface area contributed by atoms with Crippen molar-refractivity contribution in [3.63, 3.8) is 0 Å². The molecule has 0 fully saturated rings. The molecule has 0 aliphatic heterocycles. The van der Waals surface area contributed by atoms with Crippen molar-refractivity contribution >= 4 is 29.5 Å². The van der Waals surface area contributed by atoms with Crippen LogP contribution in [0, 0.1) is 5.92 Å². The van der Waals surface area contributed by atoms with Gasteiger partial charge in [0.15, 0.2) is 6.10 Å². The normalized spacial score (nSPS) is 14.4. The van der Waals surface area contributed by atoms with E-state index >= 15 is 0 Å². The quantitative estimate of drug-likeness (QED) is 0.143. The van der Waals surface area contributed by atoms with Gasteiger partial charge in [-0.2, -0.15) is 13.2 Å². The lowest BCUT2D eigenvalue weighted by atomic mass is 9.99. The van der Waals surface area contributed by atoms with Crippen molar-refractivity contribution in [1.29, 1.82) is 0 Å². The number of aliphatic hydroxyl groups is 1. The first-order valence-electron chi connectivity index (χ1n) is 15.5. The molecule has 0 bridgehead atoms. The van der Waals surface area contributed by atoms with Gasteiger partial charge in [0.25, 0.3) is 5.91 Å². The summed E-state index contributed by atoms with van der Waals surface area (Å²) in [7, 11) is 0. The van der Waals surface area contributed by atoms with Crippen molar-refractivity contribution in [2.45, 2.75) is 70.1 Å². The van der Waals surface area contributed by atoms with E-state index in [4.69, 9.17) is 5.73 Å². The molecule has 14 heteroatoms. The van der Waals surface area contributed by atoms with Crippen LogP contribution >= 0.6 is 0 Å². The summed E-state index contributed by atoms with van der Waals surface area (Å²) in [6.07, 6.45) is -9.27. The Kier molecular flexibility index (Phi) is 13.4. The smallest absolute Gasteiger partial charge is 0.382 e. The third kappa shape index (κ3) is 11.2. The number of carbonyl (C=O) groups is 5. The lowest BCUT2D eigenvalue weighted by Crippen LogP contribution is -2.56. The number of benzene rings is 3. The van der Waals surface area contributed by atoms with E-state index in [2.05, 4.69) is 16.0 Å². The predicted molar refractivity (Wildman–Crippen MR) is 175 cm³/mol. The van der Waals surface area contributed by atoms with Gasteiger partial charge >= 0.3 is 6.18 Å². The van der Waals surface area contributed by atoms with Crippen LogP contribution in [0.4, 0.5) is 13.2 Å². The minimum atomic E-state index is -5.11. The zero-order valence-electron chi connectivity index (χ0n) is 27.2. The first-order chi connectivity index (χ1) is 23.1. The predicted octanol–water partition coefficient (Wildman–Crippen LogP) is 3.14. The fraction of sp³-hybridized carbons (Fsp3) is 0.343. The SMILES string of the molecule is CC(NC(=O)C(NC(=O)C(NC(=O)c1ccc(-c2ccccc2)cc1)C(C)C)c1ccccc1)C(=O)NC(CCC(N)=O)C(O)C(F)(F)F. The maximum Gasteiger partial charge on any atom is 0.416 e. The second-order valence-corrected chi connectivity index (χ2v) is 11.8. The second kappa shape index (κ2) is 17.2. The lowest BCUT2D eigenvalue weighted by molar-refractivity contribution is -0.212. The monoisotopic (exact) mass is 683 g/mol. The van der Waals surface area contributed by atoms with Crippen LogP contribution in [-0.4, -0.2) is 65.0 Å². The molecule has 0 radical (unpaired) electrons. The Morgan fingerprint density at radius 2 is 1.27 bits per heavy atom. The van der Waals surface area contributed by atoms with Gasteiger partial charge in [-0.1, -0.05) is 86.6 Å². The van der Waals surface area contributed by atoms with Crippen LogP contribution in [0.1, 0.15) is 55.6 Å². The zero-order chi connectivity index (χ0) is 36.3. The second-order valence-electron chi connectivity index (χ2n) is 11.8. The first-order valence-corrected chi connectivity index (χ1v) is 15.5. The molecule has 0 heterocycles. The molecular weight excluding hydrogens is 643 g/mol. The summed E-state index contributed by atoms with van der Waals surface area (Å²) >= 11 is 0. The number of amides is 5. The number of primary amides is 1. The van der Waals surface area contributed by atoms with Gasteiger partial charge in [-0.25, -0.2) is 0 Å². The fourth-order valence-corrected chi connectivity index (χ4v) is 4.89. The topological polar surface area (TPSA) is 180 Å². The van der Waals surface area contributed by atoms with Gasteiger partial charge in [-0.15, -0.1) is 0 Å². The first kappa shape index (κ1) is 38.2. The molecule has 0 saturated heterocycles. The van der Waals surface area contributed by atoms with Crippen LogP contribution in [0.15, 0.2) is 84.9 Å². The fourth-order valence-electron chi connectivity index (χ4n) is 4.89. The largest absolute Gasteiger partial charge is 0.416 e. The third-order valence-corrected chi connectivity index (χ3v) is 7.67. The summed E-state index contributed by atoms with van der Waals surface area (Å²) in [5, 5.41) is 19.5. The Morgan fingerprint density at radius 1 is 0.714 bits per heavy atom.